The number of halogens is 1. The minimum atomic E-state index is -3.17. The lowest BCUT2D eigenvalue weighted by Gasteiger charge is -2.35. The fraction of sp³-hybridized carbons (Fsp3) is 0.917. The van der Waals surface area contributed by atoms with Crippen LogP contribution in [0.3, 0.4) is 0 Å². The Hall–Kier alpha value is -0.370. The maximum Gasteiger partial charge on any atom is 0.239 e. The van der Waals surface area contributed by atoms with Gasteiger partial charge in [0.05, 0.1) is 12.3 Å². The third-order valence-electron chi connectivity index (χ3n) is 3.47. The molecule has 0 aromatic heterocycles. The first kappa shape index (κ1) is 19.6. The van der Waals surface area contributed by atoms with Gasteiger partial charge in [0.15, 0.2) is 0 Å². The largest absolute Gasteiger partial charge is 0.341 e. The van der Waals surface area contributed by atoms with Gasteiger partial charge in [-0.3, -0.25) is 4.79 Å². The zero-order chi connectivity index (χ0) is 14.6. The Balaban J connectivity index is 0.00000361. The van der Waals surface area contributed by atoms with E-state index in [4.69, 9.17) is 5.73 Å². The van der Waals surface area contributed by atoms with Gasteiger partial charge in [-0.1, -0.05) is 13.8 Å². The molecule has 1 aliphatic rings. The fourth-order valence-electron chi connectivity index (χ4n) is 2.20. The molecule has 0 radical (unpaired) electrons. The van der Waals surface area contributed by atoms with Gasteiger partial charge < -0.3 is 10.6 Å². The van der Waals surface area contributed by atoms with Crippen molar-refractivity contribution in [3.63, 3.8) is 0 Å². The SMILES string of the molecule is CC(C)C(N)C(=O)N1CCCC(CNS(C)(=O)=O)C1.Cl. The van der Waals surface area contributed by atoms with E-state index in [0.717, 1.165) is 19.1 Å². The second kappa shape index (κ2) is 8.17. The average Bonchev–Trinajstić information content (AvgIpc) is 2.34. The van der Waals surface area contributed by atoms with Crippen molar-refractivity contribution in [2.45, 2.75) is 32.7 Å². The van der Waals surface area contributed by atoms with E-state index in [-0.39, 0.29) is 30.2 Å². The molecule has 2 unspecified atom stereocenters. The van der Waals surface area contributed by atoms with Crippen molar-refractivity contribution >= 4 is 28.3 Å². The molecule has 1 aliphatic heterocycles. The van der Waals surface area contributed by atoms with E-state index in [1.54, 1.807) is 4.90 Å². The van der Waals surface area contributed by atoms with Crippen LogP contribution in [0.25, 0.3) is 0 Å². The van der Waals surface area contributed by atoms with Gasteiger partial charge in [-0.2, -0.15) is 0 Å². The number of nitrogens with zero attached hydrogens (tertiary/aromatic N) is 1. The monoisotopic (exact) mass is 327 g/mol. The van der Waals surface area contributed by atoms with Gasteiger partial charge in [0.2, 0.25) is 15.9 Å². The fourth-order valence-corrected chi connectivity index (χ4v) is 2.74. The highest BCUT2D eigenvalue weighted by Crippen LogP contribution is 2.17. The first-order chi connectivity index (χ1) is 8.70. The van der Waals surface area contributed by atoms with Crippen molar-refractivity contribution in [3.8, 4) is 0 Å². The Bertz CT molecular complexity index is 414. The highest BCUT2D eigenvalue weighted by Gasteiger charge is 2.28. The quantitative estimate of drug-likeness (QED) is 0.753. The predicted molar refractivity (Wildman–Crippen MR) is 82.2 cm³/mol. The van der Waals surface area contributed by atoms with E-state index in [1.165, 1.54) is 0 Å². The first-order valence-corrected chi connectivity index (χ1v) is 8.59. The molecule has 0 spiro atoms. The van der Waals surface area contributed by atoms with Crippen molar-refractivity contribution < 1.29 is 13.2 Å². The summed E-state index contributed by atoms with van der Waals surface area (Å²) in [6, 6.07) is -0.471. The van der Waals surface area contributed by atoms with Crippen LogP contribution in [0.15, 0.2) is 0 Å². The molecule has 0 aromatic carbocycles. The Morgan fingerprint density at radius 1 is 1.45 bits per heavy atom. The molecule has 0 saturated carbocycles. The van der Waals surface area contributed by atoms with Gasteiger partial charge in [-0.25, -0.2) is 13.1 Å². The number of carbonyl (C=O) groups excluding carboxylic acids is 1. The van der Waals surface area contributed by atoms with Crippen LogP contribution in [0, 0.1) is 11.8 Å². The molecular formula is C12H26ClN3O3S. The molecule has 0 bridgehead atoms. The second-order valence-corrected chi connectivity index (χ2v) is 7.52. The normalized spacial score (nSPS) is 21.4. The number of nitrogens with two attached hydrogens (primary N) is 1. The molecule has 1 rings (SSSR count). The highest BCUT2D eigenvalue weighted by atomic mass is 35.5. The van der Waals surface area contributed by atoms with Crippen LogP contribution in [-0.4, -0.2) is 51.2 Å². The molecule has 6 nitrogen and oxygen atoms in total. The third kappa shape index (κ3) is 6.39. The Labute approximate surface area is 127 Å². The second-order valence-electron chi connectivity index (χ2n) is 5.68. The van der Waals surface area contributed by atoms with E-state index in [2.05, 4.69) is 4.72 Å². The zero-order valence-electron chi connectivity index (χ0n) is 12.3. The van der Waals surface area contributed by atoms with E-state index in [9.17, 15) is 13.2 Å². The third-order valence-corrected chi connectivity index (χ3v) is 4.16. The number of piperidine rings is 1. The smallest absolute Gasteiger partial charge is 0.239 e. The van der Waals surface area contributed by atoms with Crippen LogP contribution in [0.5, 0.6) is 0 Å². The van der Waals surface area contributed by atoms with E-state index in [1.807, 2.05) is 13.8 Å². The predicted octanol–water partition coefficient (Wildman–Crippen LogP) is 0.179. The lowest BCUT2D eigenvalue weighted by molar-refractivity contribution is -0.135. The number of carbonyl (C=O) groups is 1. The van der Waals surface area contributed by atoms with Gasteiger partial charge in [0, 0.05) is 19.6 Å². The Kier molecular flexibility index (Phi) is 8.01. The summed E-state index contributed by atoms with van der Waals surface area (Å²) in [6.07, 6.45) is 2.98. The van der Waals surface area contributed by atoms with Crippen LogP contribution < -0.4 is 10.5 Å². The molecule has 1 heterocycles. The first-order valence-electron chi connectivity index (χ1n) is 6.69. The molecular weight excluding hydrogens is 302 g/mol. The van der Waals surface area contributed by atoms with Gasteiger partial charge in [0.25, 0.3) is 0 Å². The number of hydrogen-bond acceptors (Lipinski definition) is 4. The summed E-state index contributed by atoms with van der Waals surface area (Å²) >= 11 is 0. The Morgan fingerprint density at radius 2 is 2.05 bits per heavy atom. The topological polar surface area (TPSA) is 92.5 Å². The van der Waals surface area contributed by atoms with Gasteiger partial charge in [-0.05, 0) is 24.7 Å². The number of nitrogens with one attached hydrogen (secondary N) is 1. The maximum atomic E-state index is 12.1. The maximum absolute atomic E-state index is 12.1. The number of rotatable bonds is 5. The summed E-state index contributed by atoms with van der Waals surface area (Å²) in [7, 11) is -3.17. The molecule has 1 amide bonds. The highest BCUT2D eigenvalue weighted by molar-refractivity contribution is 7.88. The minimum Gasteiger partial charge on any atom is -0.341 e. The summed E-state index contributed by atoms with van der Waals surface area (Å²) in [6.45, 7) is 5.54. The van der Waals surface area contributed by atoms with Crippen molar-refractivity contribution in [3.05, 3.63) is 0 Å². The minimum absolute atomic E-state index is 0. The molecule has 3 N–H and O–H groups in total. The molecule has 1 saturated heterocycles. The summed E-state index contributed by atoms with van der Waals surface area (Å²) in [5, 5.41) is 0. The number of sulfonamides is 1. The van der Waals surface area contributed by atoms with Crippen LogP contribution in [-0.2, 0) is 14.8 Å². The lowest BCUT2D eigenvalue weighted by atomic mass is 9.96. The van der Waals surface area contributed by atoms with Crippen molar-refractivity contribution in [1.82, 2.24) is 9.62 Å². The summed E-state index contributed by atoms with van der Waals surface area (Å²) in [5.41, 5.74) is 5.88. The summed E-state index contributed by atoms with van der Waals surface area (Å²) < 4.78 is 24.7. The van der Waals surface area contributed by atoms with E-state index >= 15 is 0 Å². The molecule has 0 aliphatic carbocycles. The lowest BCUT2D eigenvalue weighted by Crippen LogP contribution is -2.51. The standard InChI is InChI=1S/C12H25N3O3S.ClH/c1-9(2)11(13)12(16)15-6-4-5-10(8-15)7-14-19(3,17)18;/h9-11,14H,4-8,13H2,1-3H3;1H. The molecule has 20 heavy (non-hydrogen) atoms. The summed E-state index contributed by atoms with van der Waals surface area (Å²) in [4.78, 5) is 13.9. The molecule has 2 atom stereocenters. The zero-order valence-corrected chi connectivity index (χ0v) is 14.0. The van der Waals surface area contributed by atoms with Gasteiger partial charge >= 0.3 is 0 Å². The number of likely N-dealkylation sites (tertiary alicyclic amines) is 1. The van der Waals surface area contributed by atoms with Crippen LogP contribution in [0.1, 0.15) is 26.7 Å². The van der Waals surface area contributed by atoms with Crippen LogP contribution >= 0.6 is 12.4 Å². The van der Waals surface area contributed by atoms with Crippen molar-refractivity contribution in [2.24, 2.45) is 17.6 Å². The average molecular weight is 328 g/mol. The molecule has 120 valence electrons. The van der Waals surface area contributed by atoms with Crippen LogP contribution in [0.2, 0.25) is 0 Å². The van der Waals surface area contributed by atoms with Gasteiger partial charge in [-0.15, -0.1) is 12.4 Å². The number of hydrogen-bond donors (Lipinski definition) is 2. The van der Waals surface area contributed by atoms with Crippen molar-refractivity contribution in [1.29, 1.82) is 0 Å². The molecule has 0 aromatic rings. The molecule has 1 fully saturated rings. The van der Waals surface area contributed by atoms with Crippen molar-refractivity contribution in [2.75, 3.05) is 25.9 Å². The number of amides is 1. The molecule has 8 heteroatoms. The Morgan fingerprint density at radius 3 is 2.55 bits per heavy atom. The van der Waals surface area contributed by atoms with E-state index in [0.29, 0.717) is 19.6 Å². The van der Waals surface area contributed by atoms with E-state index < -0.39 is 16.1 Å². The summed E-state index contributed by atoms with van der Waals surface area (Å²) in [5.74, 6) is 0.257. The van der Waals surface area contributed by atoms with Gasteiger partial charge in [0.1, 0.15) is 0 Å². The van der Waals surface area contributed by atoms with Crippen LogP contribution in [0.4, 0.5) is 0 Å².